The summed E-state index contributed by atoms with van der Waals surface area (Å²) in [5.41, 5.74) is 0.902. The Morgan fingerprint density at radius 3 is 2.48 bits per heavy atom. The summed E-state index contributed by atoms with van der Waals surface area (Å²) in [5.74, 6) is 1.47. The molecule has 27 heavy (non-hydrogen) atoms. The highest BCUT2D eigenvalue weighted by Gasteiger charge is 2.28. The number of thiocarbonyl (C=S) groups is 1. The van der Waals surface area contributed by atoms with Crippen LogP contribution in [0.4, 0.5) is 0 Å². The van der Waals surface area contributed by atoms with Gasteiger partial charge in [-0.3, -0.25) is 9.69 Å². The minimum atomic E-state index is -0.0735. The molecule has 1 aliphatic rings. The van der Waals surface area contributed by atoms with Crippen LogP contribution in [0.15, 0.2) is 53.4 Å². The van der Waals surface area contributed by atoms with E-state index < -0.39 is 0 Å². The third-order valence-corrected chi connectivity index (χ3v) is 5.52. The maximum Gasteiger partial charge on any atom is 0.265 e. The lowest BCUT2D eigenvalue weighted by Gasteiger charge is -2.09. The number of hydrogen-bond acceptors (Lipinski definition) is 5. The lowest BCUT2D eigenvalue weighted by atomic mass is 10.2. The van der Waals surface area contributed by atoms with Gasteiger partial charge >= 0.3 is 0 Å². The summed E-state index contributed by atoms with van der Waals surface area (Å²) < 4.78 is 12.0. The Morgan fingerprint density at radius 2 is 1.81 bits per heavy atom. The van der Waals surface area contributed by atoms with E-state index in [9.17, 15) is 4.79 Å². The normalized spacial score (nSPS) is 15.5. The van der Waals surface area contributed by atoms with E-state index in [1.165, 1.54) is 16.7 Å². The fraction of sp³-hybridized carbons (Fsp3) is 0.200. The van der Waals surface area contributed by atoms with Gasteiger partial charge in [-0.05, 0) is 48.0 Å². The van der Waals surface area contributed by atoms with Crippen LogP contribution in [-0.2, 0) is 4.79 Å². The molecule has 1 amide bonds. The van der Waals surface area contributed by atoms with E-state index in [-0.39, 0.29) is 5.91 Å². The first kappa shape index (κ1) is 19.7. The molecule has 0 spiro atoms. The minimum Gasteiger partial charge on any atom is -0.493 e. The van der Waals surface area contributed by atoms with Gasteiger partial charge in [0.05, 0.1) is 18.1 Å². The number of hydrogen-bond donors (Lipinski definition) is 0. The molecular weight excluding hydrogens is 402 g/mol. The van der Waals surface area contributed by atoms with Crippen LogP contribution < -0.4 is 9.47 Å². The molecule has 0 radical (unpaired) electrons. The number of thioether (sulfide) groups is 1. The number of benzene rings is 2. The highest BCUT2D eigenvalue weighted by atomic mass is 35.5. The molecule has 1 heterocycles. The molecule has 0 aliphatic carbocycles. The van der Waals surface area contributed by atoms with Gasteiger partial charge in [0.25, 0.3) is 5.91 Å². The Labute approximate surface area is 173 Å². The number of carbonyl (C=O) groups is 1. The third kappa shape index (κ3) is 5.48. The Balaban J connectivity index is 1.49. The van der Waals surface area contributed by atoms with Crippen molar-refractivity contribution in [1.29, 1.82) is 0 Å². The molecule has 0 bridgehead atoms. The average molecular weight is 420 g/mol. The fourth-order valence-electron chi connectivity index (χ4n) is 2.36. The Morgan fingerprint density at radius 1 is 1.11 bits per heavy atom. The summed E-state index contributed by atoms with van der Waals surface area (Å²) >= 11 is 12.3. The number of amides is 1. The molecule has 3 rings (SSSR count). The van der Waals surface area contributed by atoms with Crippen LogP contribution in [0.1, 0.15) is 12.0 Å². The Kier molecular flexibility index (Phi) is 6.77. The summed E-state index contributed by atoms with van der Waals surface area (Å²) in [4.78, 5) is 14.2. The van der Waals surface area contributed by atoms with Crippen LogP contribution in [0.2, 0.25) is 5.02 Å². The van der Waals surface area contributed by atoms with E-state index in [4.69, 9.17) is 33.3 Å². The zero-order chi connectivity index (χ0) is 19.2. The van der Waals surface area contributed by atoms with E-state index in [0.29, 0.717) is 27.5 Å². The van der Waals surface area contributed by atoms with Crippen molar-refractivity contribution in [3.8, 4) is 11.5 Å². The van der Waals surface area contributed by atoms with Crippen LogP contribution >= 0.6 is 35.6 Å². The smallest absolute Gasteiger partial charge is 0.265 e. The quantitative estimate of drug-likeness (QED) is 0.358. The minimum absolute atomic E-state index is 0.0735. The van der Waals surface area contributed by atoms with Gasteiger partial charge in [0, 0.05) is 18.5 Å². The number of rotatable bonds is 7. The Hall–Kier alpha value is -2.02. The number of halogens is 1. The van der Waals surface area contributed by atoms with Crippen molar-refractivity contribution in [3.05, 3.63) is 64.0 Å². The van der Waals surface area contributed by atoms with Crippen LogP contribution in [0.5, 0.6) is 11.5 Å². The van der Waals surface area contributed by atoms with Gasteiger partial charge in [-0.15, -0.1) is 0 Å². The Bertz CT molecular complexity index is 868. The first-order chi connectivity index (χ1) is 13.0. The van der Waals surface area contributed by atoms with Gasteiger partial charge < -0.3 is 9.47 Å². The van der Waals surface area contributed by atoms with E-state index in [1.807, 2.05) is 42.5 Å². The van der Waals surface area contributed by atoms with Crippen molar-refractivity contribution in [1.82, 2.24) is 4.90 Å². The monoisotopic (exact) mass is 419 g/mol. The first-order valence-electron chi connectivity index (χ1n) is 8.36. The lowest BCUT2D eigenvalue weighted by Crippen LogP contribution is -2.22. The fourth-order valence-corrected chi connectivity index (χ4v) is 3.67. The van der Waals surface area contributed by atoms with Gasteiger partial charge in [-0.2, -0.15) is 0 Å². The molecule has 4 nitrogen and oxygen atoms in total. The second-order valence-electron chi connectivity index (χ2n) is 5.82. The molecular formula is C20H18ClNO3S2. The lowest BCUT2D eigenvalue weighted by molar-refractivity contribution is -0.121. The summed E-state index contributed by atoms with van der Waals surface area (Å²) in [7, 11) is 1.68. The highest BCUT2D eigenvalue weighted by molar-refractivity contribution is 8.26. The van der Waals surface area contributed by atoms with Crippen LogP contribution in [0.25, 0.3) is 6.08 Å². The van der Waals surface area contributed by atoms with Gasteiger partial charge in [0.1, 0.15) is 15.8 Å². The molecule has 1 fully saturated rings. The molecule has 7 heteroatoms. The third-order valence-electron chi connectivity index (χ3n) is 3.78. The van der Waals surface area contributed by atoms with Gasteiger partial charge in [0.2, 0.25) is 0 Å². The van der Waals surface area contributed by atoms with Gasteiger partial charge in [-0.25, -0.2) is 0 Å². The summed E-state index contributed by atoms with van der Waals surface area (Å²) in [6.07, 6.45) is 2.58. The topological polar surface area (TPSA) is 38.8 Å². The predicted octanol–water partition coefficient (Wildman–Crippen LogP) is 5.02. The largest absolute Gasteiger partial charge is 0.493 e. The zero-order valence-corrected chi connectivity index (χ0v) is 17.1. The molecule has 0 atom stereocenters. The van der Waals surface area contributed by atoms with Crippen LogP contribution in [0.3, 0.4) is 0 Å². The summed E-state index contributed by atoms with van der Waals surface area (Å²) in [5, 5.41) is 0.687. The van der Waals surface area contributed by atoms with E-state index >= 15 is 0 Å². The number of ether oxygens (including phenoxy) is 2. The first-order valence-corrected chi connectivity index (χ1v) is 9.96. The van der Waals surface area contributed by atoms with E-state index in [2.05, 4.69) is 0 Å². The maximum absolute atomic E-state index is 12.1. The van der Waals surface area contributed by atoms with Crippen molar-refractivity contribution in [2.75, 3.05) is 20.3 Å². The highest BCUT2D eigenvalue weighted by Crippen LogP contribution is 2.31. The van der Waals surface area contributed by atoms with Crippen molar-refractivity contribution < 1.29 is 14.3 Å². The molecule has 0 unspecified atom stereocenters. The molecule has 0 aromatic heterocycles. The number of likely N-dealkylation sites (N-methyl/N-ethyl adjacent to an activating group) is 1. The van der Waals surface area contributed by atoms with Crippen molar-refractivity contribution in [3.63, 3.8) is 0 Å². The molecule has 2 aromatic rings. The van der Waals surface area contributed by atoms with Gasteiger partial charge in [0.15, 0.2) is 0 Å². The summed E-state index contributed by atoms with van der Waals surface area (Å²) in [6, 6.07) is 14.9. The van der Waals surface area contributed by atoms with Gasteiger partial charge in [-0.1, -0.05) is 47.7 Å². The average Bonchev–Trinajstić information content (AvgIpc) is 2.90. The molecule has 1 saturated heterocycles. The standard InChI is InChI=1S/C20H18ClNO3S2/c1-22-19(23)18(27-20(22)26)13-14-4-2-5-17(12-14)25-11-3-10-24-16-8-6-15(21)7-9-16/h2,4-9,12-13H,3,10-11H2,1H3/b18-13-. The predicted molar refractivity (Wildman–Crippen MR) is 114 cm³/mol. The molecule has 140 valence electrons. The second kappa shape index (κ2) is 9.26. The van der Waals surface area contributed by atoms with Crippen LogP contribution in [-0.4, -0.2) is 35.4 Å². The molecule has 0 N–H and O–H groups in total. The molecule has 2 aromatic carbocycles. The zero-order valence-electron chi connectivity index (χ0n) is 14.7. The van der Waals surface area contributed by atoms with Crippen molar-refractivity contribution >= 4 is 51.9 Å². The van der Waals surface area contributed by atoms with Crippen LogP contribution in [0, 0.1) is 0 Å². The van der Waals surface area contributed by atoms with Crippen molar-refractivity contribution in [2.24, 2.45) is 0 Å². The van der Waals surface area contributed by atoms with E-state index in [0.717, 1.165) is 23.5 Å². The summed E-state index contributed by atoms with van der Waals surface area (Å²) in [6.45, 7) is 1.09. The second-order valence-corrected chi connectivity index (χ2v) is 7.93. The number of carbonyl (C=O) groups excluding carboxylic acids is 1. The molecule has 1 aliphatic heterocycles. The SMILES string of the molecule is CN1C(=O)/C(=C/c2cccc(OCCCOc3ccc(Cl)cc3)c2)SC1=S. The number of nitrogens with zero attached hydrogens (tertiary/aromatic N) is 1. The van der Waals surface area contributed by atoms with Crippen molar-refractivity contribution in [2.45, 2.75) is 6.42 Å². The molecule has 0 saturated carbocycles. The van der Waals surface area contributed by atoms with E-state index in [1.54, 1.807) is 19.2 Å². The maximum atomic E-state index is 12.1.